The van der Waals surface area contributed by atoms with Gasteiger partial charge in [0, 0.05) is 48.1 Å². The lowest BCUT2D eigenvalue weighted by Crippen LogP contribution is -1.90. The quantitative estimate of drug-likeness (QED) is 0.318. The minimum atomic E-state index is 0. The summed E-state index contributed by atoms with van der Waals surface area (Å²) in [7, 11) is 1.49. The van der Waals surface area contributed by atoms with Crippen molar-refractivity contribution in [3.63, 3.8) is 0 Å². The van der Waals surface area contributed by atoms with E-state index in [2.05, 4.69) is 10.0 Å². The Morgan fingerprint density at radius 1 is 1.09 bits per heavy atom. The third kappa shape index (κ3) is 19.5. The predicted octanol–water partition coefficient (Wildman–Crippen LogP) is 5.77. The molecule has 0 spiro atoms. The molecule has 23 heavy (non-hydrogen) atoms. The zero-order valence-corrected chi connectivity index (χ0v) is 11.3. The van der Waals surface area contributed by atoms with Gasteiger partial charge in [0.1, 0.15) is 0 Å². The van der Waals surface area contributed by atoms with E-state index in [1.54, 1.807) is 12.1 Å². The lowest BCUT2D eigenvalue weighted by Gasteiger charge is -2.04. The van der Waals surface area contributed by atoms with Crippen molar-refractivity contribution in [1.29, 1.82) is 0 Å². The number of aromatic hydroxyl groups is 1. The van der Waals surface area contributed by atoms with Gasteiger partial charge < -0.3 is 9.84 Å². The smallest absolute Gasteiger partial charge is 0.160 e. The Hall–Kier alpha value is -2.50. The summed E-state index contributed by atoms with van der Waals surface area (Å²) < 4.78 is 68.9. The molecule has 0 saturated heterocycles. The minimum absolute atomic E-state index is 0. The van der Waals surface area contributed by atoms with E-state index < -0.39 is 0 Å². The van der Waals surface area contributed by atoms with Crippen molar-refractivity contribution in [1.82, 2.24) is 0 Å². The highest BCUT2D eigenvalue weighted by molar-refractivity contribution is 5.41. The second-order valence-corrected chi connectivity index (χ2v) is 2.71. The van der Waals surface area contributed by atoms with Gasteiger partial charge in [-0.05, 0) is 29.6 Å². The lowest BCUT2D eigenvalue weighted by atomic mass is 10.1. The number of azide groups is 1. The van der Waals surface area contributed by atoms with Gasteiger partial charge >= 0.3 is 0 Å². The Kier molecular flexibility index (Phi) is 44.8. The third-order valence-corrected chi connectivity index (χ3v) is 1.81. The molecule has 1 aromatic rings. The topological polar surface area (TPSA) is 78.2 Å². The number of phenols is 1. The molecule has 0 unspecified atom stereocenters. The van der Waals surface area contributed by atoms with Gasteiger partial charge in [0.05, 0.1) is 7.11 Å². The molecule has 0 saturated carbocycles. The van der Waals surface area contributed by atoms with E-state index in [0.717, 1.165) is 5.56 Å². The van der Waals surface area contributed by atoms with Crippen LogP contribution in [-0.4, -0.2) is 18.8 Å². The van der Waals surface area contributed by atoms with Gasteiger partial charge in [0.25, 0.3) is 0 Å². The lowest BCUT2D eigenvalue weighted by molar-refractivity contribution is 0.108. The van der Waals surface area contributed by atoms with Crippen molar-refractivity contribution in [2.45, 2.75) is 6.42 Å². The van der Waals surface area contributed by atoms with Crippen LogP contribution in [0.15, 0.2) is 23.3 Å². The Morgan fingerprint density at radius 2 is 1.57 bits per heavy atom. The van der Waals surface area contributed by atoms with Crippen molar-refractivity contribution in [2.75, 3.05) is 13.7 Å². The van der Waals surface area contributed by atoms with Gasteiger partial charge in [-0.2, -0.15) is 0 Å². The molecule has 138 valence electrons. The molecule has 0 aliphatic rings. The molecule has 1 rings (SSSR count). The second kappa shape index (κ2) is 31.7. The van der Waals surface area contributed by atoms with Gasteiger partial charge in [0.2, 0.25) is 0 Å². The van der Waals surface area contributed by atoms with Crippen LogP contribution in [0.5, 0.6) is 11.5 Å². The molecule has 0 aliphatic heterocycles. The maximum absolute atomic E-state index is 9.42. The predicted molar refractivity (Wildman–Crippen MR) is 63.7 cm³/mol. The van der Waals surface area contributed by atoms with E-state index in [-0.39, 0.29) is 10.5 Å². The standard InChI is InChI=1S/C9H11N3O2.4F2.FH/c1-14-9-3-2-7(6-8(9)13)4-5-11-12-10;4*1-2;/h2-3,6,13H,4-5H2,1H3;;;;;1H. The molecule has 0 aliphatic carbocycles. The summed E-state index contributed by atoms with van der Waals surface area (Å²) >= 11 is 0. The fourth-order valence-electron chi connectivity index (χ4n) is 1.11. The minimum Gasteiger partial charge on any atom is -0.504 e. The van der Waals surface area contributed by atoms with Gasteiger partial charge in [0.15, 0.2) is 11.5 Å². The van der Waals surface area contributed by atoms with Gasteiger partial charge in [-0.3, -0.25) is 4.70 Å². The molecule has 0 amide bonds. The number of rotatable bonds is 4. The Bertz CT molecular complexity index is 381. The van der Waals surface area contributed by atoms with Crippen LogP contribution in [0, 0.1) is 0 Å². The molecule has 14 heteroatoms. The maximum Gasteiger partial charge on any atom is 0.160 e. The molecular weight excluding hydrogens is 353 g/mol. The molecular formula is C9H12F9N3O2. The van der Waals surface area contributed by atoms with Crippen LogP contribution in [0.3, 0.4) is 0 Å². The average Bonchev–Trinajstić information content (AvgIpc) is 2.62. The van der Waals surface area contributed by atoms with Gasteiger partial charge in [-0.25, -0.2) is 0 Å². The first kappa shape index (κ1) is 32.4. The zero-order chi connectivity index (χ0) is 18.4. The van der Waals surface area contributed by atoms with E-state index in [4.69, 9.17) is 46.9 Å². The highest BCUT2D eigenvalue weighted by Crippen LogP contribution is 2.26. The van der Waals surface area contributed by atoms with E-state index in [1.165, 1.54) is 7.11 Å². The van der Waals surface area contributed by atoms with Crippen molar-refractivity contribution in [3.8, 4) is 11.5 Å². The summed E-state index contributed by atoms with van der Waals surface area (Å²) in [4.78, 5) is 2.64. The average molecular weight is 365 g/mol. The zero-order valence-electron chi connectivity index (χ0n) is 11.3. The van der Waals surface area contributed by atoms with Crippen LogP contribution in [0.1, 0.15) is 5.56 Å². The summed E-state index contributed by atoms with van der Waals surface area (Å²) in [5.41, 5.74) is 8.98. The molecule has 0 fully saturated rings. The van der Waals surface area contributed by atoms with Crippen molar-refractivity contribution >= 4 is 0 Å². The molecule has 0 atom stereocenters. The molecule has 1 N–H and O–H groups in total. The number of hydrogen-bond acceptors (Lipinski definition) is 3. The molecule has 1 aromatic carbocycles. The summed E-state index contributed by atoms with van der Waals surface area (Å²) in [6.07, 6.45) is 0.613. The van der Waals surface area contributed by atoms with E-state index in [9.17, 15) is 5.11 Å². The maximum atomic E-state index is 9.42. The SMILES string of the molecule is COc1ccc(CCN=[N+]=[N-])cc1O.F.FF.FF.FF.FF. The van der Waals surface area contributed by atoms with Crippen LogP contribution in [0.25, 0.3) is 10.4 Å². The fourth-order valence-corrected chi connectivity index (χ4v) is 1.11. The van der Waals surface area contributed by atoms with Crippen LogP contribution in [0.4, 0.5) is 41.3 Å². The summed E-state index contributed by atoms with van der Waals surface area (Å²) in [5, 5.41) is 12.8. The van der Waals surface area contributed by atoms with Crippen molar-refractivity contribution < 1.29 is 51.1 Å². The monoisotopic (exact) mass is 365 g/mol. The Balaban J connectivity index is -0.000000105. The van der Waals surface area contributed by atoms with Crippen molar-refractivity contribution in [2.24, 2.45) is 5.11 Å². The summed E-state index contributed by atoms with van der Waals surface area (Å²) in [6.45, 7) is 0.391. The van der Waals surface area contributed by atoms with Crippen LogP contribution < -0.4 is 4.74 Å². The van der Waals surface area contributed by atoms with E-state index >= 15 is 0 Å². The number of methoxy groups -OCH3 is 1. The van der Waals surface area contributed by atoms with Gasteiger partial charge in [-0.15, -0.1) is 0 Å². The molecule has 0 heterocycles. The van der Waals surface area contributed by atoms with Crippen LogP contribution in [-0.2, 0) is 6.42 Å². The van der Waals surface area contributed by atoms with E-state index in [1.807, 2.05) is 6.07 Å². The first-order chi connectivity index (χ1) is 10.8. The Labute approximate surface area is 123 Å². The van der Waals surface area contributed by atoms with Crippen LogP contribution in [0.2, 0.25) is 0 Å². The molecule has 0 aromatic heterocycles. The van der Waals surface area contributed by atoms with Crippen LogP contribution >= 0.6 is 0 Å². The molecule has 5 nitrogen and oxygen atoms in total. The number of benzene rings is 1. The number of phenolic OH excluding ortho intramolecular Hbond substituents is 1. The highest BCUT2D eigenvalue weighted by Gasteiger charge is 2.01. The second-order valence-electron chi connectivity index (χ2n) is 2.71. The van der Waals surface area contributed by atoms with Crippen molar-refractivity contribution in [3.05, 3.63) is 34.2 Å². The fraction of sp³-hybridized carbons (Fsp3) is 0.333. The largest absolute Gasteiger partial charge is 0.504 e. The first-order valence-electron chi connectivity index (χ1n) is 4.72. The summed E-state index contributed by atoms with van der Waals surface area (Å²) in [6, 6.07) is 5.11. The number of halogens is 9. The highest BCUT2D eigenvalue weighted by atomic mass is 20.0. The molecule has 0 bridgehead atoms. The van der Waals surface area contributed by atoms with Gasteiger partial charge in [-0.1, -0.05) is 11.2 Å². The third-order valence-electron chi connectivity index (χ3n) is 1.81. The number of ether oxygens (including phenoxy) is 1. The number of nitrogens with zero attached hydrogens (tertiary/aromatic N) is 3. The summed E-state index contributed by atoms with van der Waals surface area (Å²) in [5.74, 6) is 0.545. The Morgan fingerprint density at radius 3 is 1.91 bits per heavy atom. The molecule has 0 radical (unpaired) electrons. The normalized spacial score (nSPS) is 6.65. The van der Waals surface area contributed by atoms with E-state index in [0.29, 0.717) is 18.7 Å². The first-order valence-corrected chi connectivity index (χ1v) is 4.72. The number of hydrogen-bond donors (Lipinski definition) is 1.